The molecule has 0 saturated carbocycles. The zero-order chi connectivity index (χ0) is 17.9. The molecule has 3 N–H and O–H groups in total. The predicted molar refractivity (Wildman–Crippen MR) is 98.3 cm³/mol. The molecule has 0 saturated heterocycles. The Balaban J connectivity index is 2.11. The van der Waals surface area contributed by atoms with Crippen molar-refractivity contribution in [1.82, 2.24) is 4.98 Å². The Hall–Kier alpha value is -2.42. The molecule has 3 rings (SSSR count). The fourth-order valence-electron chi connectivity index (χ4n) is 3.24. The molecule has 130 valence electrons. The molecule has 0 atom stereocenters. The van der Waals surface area contributed by atoms with E-state index in [1.807, 2.05) is 18.2 Å². The van der Waals surface area contributed by atoms with Crippen molar-refractivity contribution in [2.75, 3.05) is 18.4 Å². The maximum atomic E-state index is 9.59. The van der Waals surface area contributed by atoms with Crippen molar-refractivity contribution >= 4 is 5.82 Å². The number of hydrogen-bond acceptors (Lipinski definition) is 5. The van der Waals surface area contributed by atoms with Gasteiger partial charge in [0.25, 0.3) is 0 Å². The summed E-state index contributed by atoms with van der Waals surface area (Å²) >= 11 is 0. The first kappa shape index (κ1) is 17.4. The van der Waals surface area contributed by atoms with E-state index < -0.39 is 0 Å². The van der Waals surface area contributed by atoms with E-state index in [9.17, 15) is 5.26 Å². The summed E-state index contributed by atoms with van der Waals surface area (Å²) < 4.78 is 6.04. The summed E-state index contributed by atoms with van der Waals surface area (Å²) in [6.07, 6.45) is 1.44. The number of nitrogens with one attached hydrogen (secondary N) is 1. The van der Waals surface area contributed by atoms with Crippen LogP contribution in [0.4, 0.5) is 5.82 Å². The average Bonchev–Trinajstić information content (AvgIpc) is 2.61. The molecule has 1 aromatic heterocycles. The summed E-state index contributed by atoms with van der Waals surface area (Å²) in [5, 5.41) is 12.9. The Morgan fingerprint density at radius 1 is 1.28 bits per heavy atom. The third-order valence-electron chi connectivity index (χ3n) is 4.50. The van der Waals surface area contributed by atoms with Gasteiger partial charge in [0, 0.05) is 31.5 Å². The molecule has 0 spiro atoms. The zero-order valence-electron chi connectivity index (χ0n) is 14.8. The maximum absolute atomic E-state index is 9.59. The number of benzene rings is 1. The highest BCUT2D eigenvalue weighted by Gasteiger charge is 2.31. The van der Waals surface area contributed by atoms with Crippen LogP contribution in [0.3, 0.4) is 0 Å². The maximum Gasteiger partial charge on any atom is 0.146 e. The molecule has 1 aliphatic heterocycles. The largest absolute Gasteiger partial charge is 0.371 e. The molecule has 0 bridgehead atoms. The Kier molecular flexibility index (Phi) is 5.03. The van der Waals surface area contributed by atoms with Gasteiger partial charge in [-0.25, -0.2) is 4.98 Å². The molecule has 0 radical (unpaired) electrons. The smallest absolute Gasteiger partial charge is 0.146 e. The summed E-state index contributed by atoms with van der Waals surface area (Å²) in [6.45, 7) is 5.72. The van der Waals surface area contributed by atoms with E-state index in [1.165, 1.54) is 5.56 Å². The first-order valence-corrected chi connectivity index (χ1v) is 8.60. The first-order chi connectivity index (χ1) is 12.0. The number of nitriles is 1. The topological polar surface area (TPSA) is 84.0 Å². The molecular weight excluding hydrogens is 312 g/mol. The van der Waals surface area contributed by atoms with Crippen LogP contribution in [0.25, 0.3) is 0 Å². The van der Waals surface area contributed by atoms with Crippen LogP contribution in [0.2, 0.25) is 0 Å². The van der Waals surface area contributed by atoms with Crippen LogP contribution in [0, 0.1) is 11.3 Å². The van der Waals surface area contributed by atoms with Gasteiger partial charge in [-0.15, -0.1) is 0 Å². The highest BCUT2D eigenvalue weighted by molar-refractivity contribution is 5.58. The van der Waals surface area contributed by atoms with E-state index in [-0.39, 0.29) is 5.60 Å². The molecule has 0 unspecified atom stereocenters. The quantitative estimate of drug-likeness (QED) is 0.877. The van der Waals surface area contributed by atoms with Crippen LogP contribution in [0.1, 0.15) is 41.8 Å². The van der Waals surface area contributed by atoms with Crippen molar-refractivity contribution < 1.29 is 4.74 Å². The highest BCUT2D eigenvalue weighted by Crippen LogP contribution is 2.35. The van der Waals surface area contributed by atoms with E-state index >= 15 is 0 Å². The van der Waals surface area contributed by atoms with Crippen LogP contribution in [0.15, 0.2) is 30.3 Å². The fourth-order valence-corrected chi connectivity index (χ4v) is 3.24. The molecule has 2 heterocycles. The molecule has 0 aliphatic carbocycles. The zero-order valence-corrected chi connectivity index (χ0v) is 14.8. The Labute approximate surface area is 148 Å². The van der Waals surface area contributed by atoms with E-state index in [0.29, 0.717) is 31.8 Å². The van der Waals surface area contributed by atoms with Crippen molar-refractivity contribution in [3.63, 3.8) is 0 Å². The summed E-state index contributed by atoms with van der Waals surface area (Å²) in [5.41, 5.74) is 10.3. The highest BCUT2D eigenvalue weighted by atomic mass is 16.5. The molecule has 0 amide bonds. The van der Waals surface area contributed by atoms with Crippen LogP contribution in [-0.4, -0.2) is 23.7 Å². The van der Waals surface area contributed by atoms with Gasteiger partial charge < -0.3 is 15.8 Å². The van der Waals surface area contributed by atoms with Crippen LogP contribution in [-0.2, 0) is 24.2 Å². The second kappa shape index (κ2) is 7.22. The first-order valence-electron chi connectivity index (χ1n) is 8.60. The molecular formula is C20H24N4O. The molecule has 5 heteroatoms. The molecule has 1 aromatic carbocycles. The van der Waals surface area contributed by atoms with Gasteiger partial charge in [-0.2, -0.15) is 5.26 Å². The van der Waals surface area contributed by atoms with Crippen molar-refractivity contribution in [2.45, 2.75) is 38.9 Å². The molecule has 0 fully saturated rings. The summed E-state index contributed by atoms with van der Waals surface area (Å²) in [7, 11) is 0. The van der Waals surface area contributed by atoms with Gasteiger partial charge in [-0.1, -0.05) is 30.3 Å². The average molecular weight is 336 g/mol. The lowest BCUT2D eigenvalue weighted by atomic mass is 9.87. The number of ether oxygens (including phenoxy) is 1. The minimum atomic E-state index is -0.281. The van der Waals surface area contributed by atoms with E-state index in [1.54, 1.807) is 0 Å². The van der Waals surface area contributed by atoms with Gasteiger partial charge >= 0.3 is 0 Å². The third-order valence-corrected chi connectivity index (χ3v) is 4.50. The molecule has 25 heavy (non-hydrogen) atoms. The lowest BCUT2D eigenvalue weighted by Crippen LogP contribution is -2.33. The Morgan fingerprint density at radius 3 is 2.72 bits per heavy atom. The number of pyridine rings is 1. The monoisotopic (exact) mass is 336 g/mol. The molecule has 2 aromatic rings. The number of fused-ring (bicyclic) bond motifs is 1. The normalized spacial score (nSPS) is 15.3. The summed E-state index contributed by atoms with van der Waals surface area (Å²) in [5.74, 6) is 0.743. The lowest BCUT2D eigenvalue weighted by Gasteiger charge is -2.34. The third kappa shape index (κ3) is 3.81. The van der Waals surface area contributed by atoms with Gasteiger partial charge in [0.05, 0.1) is 12.2 Å². The van der Waals surface area contributed by atoms with Crippen LogP contribution in [0.5, 0.6) is 0 Å². The van der Waals surface area contributed by atoms with Crippen molar-refractivity contribution in [2.24, 2.45) is 5.73 Å². The van der Waals surface area contributed by atoms with E-state index in [2.05, 4.69) is 42.4 Å². The minimum absolute atomic E-state index is 0.281. The number of anilines is 1. The van der Waals surface area contributed by atoms with Gasteiger partial charge in [0.15, 0.2) is 0 Å². The second-order valence-corrected chi connectivity index (χ2v) is 6.96. The standard InChI is InChI=1S/C20H24N4O/c1-20(2)11-16-17(13-25-20)15(10-14-6-4-3-5-7-14)19(23-9-8-21)24-18(16)12-22/h3-7H,8-11,13,21H2,1-2H3,(H,23,24). The van der Waals surface area contributed by atoms with Crippen molar-refractivity contribution in [3.05, 3.63) is 58.3 Å². The van der Waals surface area contributed by atoms with Gasteiger partial charge in [0.2, 0.25) is 0 Å². The molecule has 5 nitrogen and oxygen atoms in total. The van der Waals surface area contributed by atoms with Crippen molar-refractivity contribution in [3.8, 4) is 6.07 Å². The van der Waals surface area contributed by atoms with E-state index in [4.69, 9.17) is 10.5 Å². The van der Waals surface area contributed by atoms with Gasteiger partial charge in [-0.05, 0) is 30.5 Å². The SMILES string of the molecule is CC1(C)Cc2c(C#N)nc(NCCN)c(Cc3ccccc3)c2CO1. The number of nitrogens with two attached hydrogens (primary N) is 1. The Bertz CT molecular complexity index is 794. The summed E-state index contributed by atoms with van der Waals surface area (Å²) in [4.78, 5) is 4.62. The van der Waals surface area contributed by atoms with Crippen LogP contribution < -0.4 is 11.1 Å². The van der Waals surface area contributed by atoms with Gasteiger partial charge in [0.1, 0.15) is 17.6 Å². The van der Waals surface area contributed by atoms with Gasteiger partial charge in [-0.3, -0.25) is 0 Å². The number of nitrogens with zero attached hydrogens (tertiary/aromatic N) is 2. The Morgan fingerprint density at radius 2 is 2.04 bits per heavy atom. The number of hydrogen-bond donors (Lipinski definition) is 2. The number of aromatic nitrogens is 1. The van der Waals surface area contributed by atoms with E-state index in [0.717, 1.165) is 28.9 Å². The molecule has 1 aliphatic rings. The fraction of sp³-hybridized carbons (Fsp3) is 0.400. The predicted octanol–water partition coefficient (Wildman–Crippen LogP) is 2.77. The minimum Gasteiger partial charge on any atom is -0.371 e. The van der Waals surface area contributed by atoms with Crippen molar-refractivity contribution in [1.29, 1.82) is 5.26 Å². The second-order valence-electron chi connectivity index (χ2n) is 6.96. The summed E-state index contributed by atoms with van der Waals surface area (Å²) in [6, 6.07) is 12.5. The lowest BCUT2D eigenvalue weighted by molar-refractivity contribution is -0.0405. The number of rotatable bonds is 5. The van der Waals surface area contributed by atoms with Crippen LogP contribution >= 0.6 is 0 Å².